The molecule has 0 aliphatic heterocycles. The summed E-state index contributed by atoms with van der Waals surface area (Å²) < 4.78 is 0. The molecule has 1 aromatic rings. The van der Waals surface area contributed by atoms with Gasteiger partial charge in [0.25, 0.3) is 0 Å². The monoisotopic (exact) mass is 221 g/mol. The van der Waals surface area contributed by atoms with Gasteiger partial charge in [-0.3, -0.25) is 4.79 Å². The van der Waals surface area contributed by atoms with Gasteiger partial charge in [0.05, 0.1) is 0 Å². The smallest absolute Gasteiger partial charge is 0.322 e. The molecule has 0 fully saturated rings. The number of aromatic nitrogens is 2. The van der Waals surface area contributed by atoms with Crippen LogP contribution in [0.15, 0.2) is 6.07 Å². The molecule has 0 aliphatic carbocycles. The van der Waals surface area contributed by atoms with E-state index in [0.717, 1.165) is 0 Å². The average molecular weight is 222 g/mol. The predicted octanol–water partition coefficient (Wildman–Crippen LogP) is 1.28. The second kappa shape index (κ2) is 4.25. The van der Waals surface area contributed by atoms with Crippen molar-refractivity contribution < 1.29 is 9.90 Å². The maximum absolute atomic E-state index is 10.2. The van der Waals surface area contributed by atoms with E-state index in [2.05, 4.69) is 15.3 Å². The van der Waals surface area contributed by atoms with Crippen LogP contribution in [-0.2, 0) is 4.79 Å². The number of hydrogen-bond acceptors (Lipinski definition) is 4. The molecule has 0 atom stereocenters. The fourth-order valence-electron chi connectivity index (χ4n) is 0.647. The molecule has 0 unspecified atom stereocenters. The number of nitrogens with one attached hydrogen (secondary N) is 1. The van der Waals surface area contributed by atoms with Crippen molar-refractivity contribution in [3.8, 4) is 0 Å². The fraction of sp³-hybridized carbons (Fsp3) is 0.167. The van der Waals surface area contributed by atoms with Crippen molar-refractivity contribution in [3.05, 3.63) is 16.5 Å². The van der Waals surface area contributed by atoms with Crippen molar-refractivity contribution in [2.24, 2.45) is 0 Å². The maximum Gasteiger partial charge on any atom is 0.322 e. The molecule has 13 heavy (non-hydrogen) atoms. The molecule has 5 nitrogen and oxygen atoms in total. The molecule has 0 bridgehead atoms. The van der Waals surface area contributed by atoms with Gasteiger partial charge in [0.2, 0.25) is 5.28 Å². The molecule has 0 spiro atoms. The number of nitrogens with zero attached hydrogens (tertiary/aromatic N) is 2. The lowest BCUT2D eigenvalue weighted by Gasteiger charge is -2.01. The Balaban J connectivity index is 2.71. The molecule has 0 aliphatic rings. The van der Waals surface area contributed by atoms with Crippen molar-refractivity contribution >= 4 is 35.0 Å². The minimum atomic E-state index is -0.995. The van der Waals surface area contributed by atoms with Crippen LogP contribution in [0.3, 0.4) is 0 Å². The van der Waals surface area contributed by atoms with E-state index in [1.165, 1.54) is 6.07 Å². The zero-order valence-electron chi connectivity index (χ0n) is 6.29. The summed E-state index contributed by atoms with van der Waals surface area (Å²) in [5, 5.41) is 11.0. The van der Waals surface area contributed by atoms with Crippen LogP contribution in [0.25, 0.3) is 0 Å². The minimum Gasteiger partial charge on any atom is -0.480 e. The van der Waals surface area contributed by atoms with Crippen LogP contribution < -0.4 is 5.32 Å². The molecule has 1 heterocycles. The van der Waals surface area contributed by atoms with Crippen LogP contribution in [0.1, 0.15) is 0 Å². The summed E-state index contributed by atoms with van der Waals surface area (Å²) in [6.45, 7) is -0.246. The van der Waals surface area contributed by atoms with Crippen LogP contribution in [-0.4, -0.2) is 27.6 Å². The van der Waals surface area contributed by atoms with E-state index >= 15 is 0 Å². The SMILES string of the molecule is O=C(O)CNc1cc(Cl)nc(Cl)n1. The first-order valence-corrected chi connectivity index (χ1v) is 3.99. The summed E-state index contributed by atoms with van der Waals surface area (Å²) >= 11 is 11.0. The van der Waals surface area contributed by atoms with Crippen molar-refractivity contribution in [1.29, 1.82) is 0 Å². The zero-order chi connectivity index (χ0) is 9.84. The number of carbonyl (C=O) groups is 1. The molecule has 0 aromatic carbocycles. The van der Waals surface area contributed by atoms with E-state index in [0.29, 0.717) is 0 Å². The van der Waals surface area contributed by atoms with Crippen molar-refractivity contribution in [2.45, 2.75) is 0 Å². The third-order valence-corrected chi connectivity index (χ3v) is 1.45. The highest BCUT2D eigenvalue weighted by Gasteiger charge is 2.02. The van der Waals surface area contributed by atoms with Crippen LogP contribution >= 0.6 is 23.2 Å². The van der Waals surface area contributed by atoms with Crippen LogP contribution in [0.5, 0.6) is 0 Å². The number of hydrogen-bond donors (Lipinski definition) is 2. The fourth-order valence-corrected chi connectivity index (χ4v) is 1.06. The van der Waals surface area contributed by atoms with Crippen LogP contribution in [0.4, 0.5) is 5.82 Å². The van der Waals surface area contributed by atoms with E-state index in [1.54, 1.807) is 0 Å². The van der Waals surface area contributed by atoms with Gasteiger partial charge in [-0.1, -0.05) is 11.6 Å². The van der Waals surface area contributed by atoms with Gasteiger partial charge >= 0.3 is 5.97 Å². The van der Waals surface area contributed by atoms with Crippen molar-refractivity contribution in [3.63, 3.8) is 0 Å². The molecule has 1 aromatic heterocycles. The molecule has 7 heteroatoms. The van der Waals surface area contributed by atoms with Gasteiger partial charge in [-0.25, -0.2) is 9.97 Å². The van der Waals surface area contributed by atoms with Gasteiger partial charge in [0.1, 0.15) is 17.5 Å². The number of carboxylic acid groups (broad SMARTS) is 1. The second-order valence-electron chi connectivity index (χ2n) is 2.09. The summed E-state index contributed by atoms with van der Waals surface area (Å²) in [6, 6.07) is 1.39. The molecular weight excluding hydrogens is 217 g/mol. The highest BCUT2D eigenvalue weighted by Crippen LogP contribution is 2.13. The Kier molecular flexibility index (Phi) is 3.27. The molecule has 0 saturated carbocycles. The Labute approximate surface area is 83.7 Å². The summed E-state index contributed by atoms with van der Waals surface area (Å²) in [4.78, 5) is 17.5. The maximum atomic E-state index is 10.2. The third-order valence-electron chi connectivity index (χ3n) is 1.09. The topological polar surface area (TPSA) is 75.1 Å². The first-order valence-electron chi connectivity index (χ1n) is 3.23. The van der Waals surface area contributed by atoms with Gasteiger partial charge < -0.3 is 10.4 Å². The van der Waals surface area contributed by atoms with E-state index in [1.807, 2.05) is 0 Å². The molecule has 0 saturated heterocycles. The molecule has 1 rings (SSSR count). The molecular formula is C6H5Cl2N3O2. The standard InChI is InChI=1S/C6H5Cl2N3O2/c7-3-1-4(9-2-5(12)13)11-6(8)10-3/h1H,2H2,(H,12,13)(H,9,10,11). The van der Waals surface area contributed by atoms with Crippen LogP contribution in [0.2, 0.25) is 10.4 Å². The highest BCUT2D eigenvalue weighted by atomic mass is 35.5. The van der Waals surface area contributed by atoms with Crippen molar-refractivity contribution in [2.75, 3.05) is 11.9 Å². The largest absolute Gasteiger partial charge is 0.480 e. The first kappa shape index (κ1) is 10.0. The Hall–Kier alpha value is -1.07. The normalized spacial score (nSPS) is 9.69. The minimum absolute atomic E-state index is 0.0274. The lowest BCUT2D eigenvalue weighted by molar-refractivity contribution is -0.134. The van der Waals surface area contributed by atoms with Gasteiger partial charge in [-0.05, 0) is 11.6 Å². The number of halogens is 2. The summed E-state index contributed by atoms with van der Waals surface area (Å²) in [6.07, 6.45) is 0. The zero-order valence-corrected chi connectivity index (χ0v) is 7.80. The highest BCUT2D eigenvalue weighted by molar-refractivity contribution is 6.32. The third kappa shape index (κ3) is 3.43. The number of aliphatic carboxylic acids is 1. The molecule has 0 amide bonds. The van der Waals surface area contributed by atoms with Gasteiger partial charge in [-0.15, -0.1) is 0 Å². The van der Waals surface area contributed by atoms with E-state index in [4.69, 9.17) is 28.3 Å². The predicted molar refractivity (Wildman–Crippen MR) is 48.2 cm³/mol. The molecule has 70 valence electrons. The van der Waals surface area contributed by atoms with Gasteiger partial charge in [0.15, 0.2) is 0 Å². The van der Waals surface area contributed by atoms with Gasteiger partial charge in [0, 0.05) is 6.07 Å². The quantitative estimate of drug-likeness (QED) is 0.595. The molecule has 0 radical (unpaired) electrons. The van der Waals surface area contributed by atoms with Crippen LogP contribution in [0, 0.1) is 0 Å². The first-order chi connectivity index (χ1) is 6.08. The lowest BCUT2D eigenvalue weighted by Crippen LogP contribution is -2.13. The average Bonchev–Trinajstić information content (AvgIpc) is 1.99. The Bertz CT molecular complexity index is 311. The summed E-state index contributed by atoms with van der Waals surface area (Å²) in [7, 11) is 0. The lowest BCUT2D eigenvalue weighted by atomic mass is 10.5. The van der Waals surface area contributed by atoms with E-state index < -0.39 is 5.97 Å². The number of carboxylic acids is 1. The molecule has 2 N–H and O–H groups in total. The van der Waals surface area contributed by atoms with Gasteiger partial charge in [-0.2, -0.15) is 0 Å². The summed E-state index contributed by atoms with van der Waals surface area (Å²) in [5.41, 5.74) is 0. The number of anilines is 1. The van der Waals surface area contributed by atoms with E-state index in [-0.39, 0.29) is 22.8 Å². The Morgan fingerprint density at radius 1 is 1.54 bits per heavy atom. The van der Waals surface area contributed by atoms with Crippen molar-refractivity contribution in [1.82, 2.24) is 9.97 Å². The second-order valence-corrected chi connectivity index (χ2v) is 2.82. The Morgan fingerprint density at radius 2 is 2.23 bits per heavy atom. The Morgan fingerprint density at radius 3 is 2.77 bits per heavy atom. The van der Waals surface area contributed by atoms with E-state index in [9.17, 15) is 4.79 Å². The number of rotatable bonds is 3. The summed E-state index contributed by atoms with van der Waals surface area (Å²) in [5.74, 6) is -0.710.